The highest BCUT2D eigenvalue weighted by Gasteiger charge is 2.28. The number of hydrogen-bond acceptors (Lipinski definition) is 3. The number of nitrogens with zero attached hydrogens (tertiary/aromatic N) is 1. The van der Waals surface area contributed by atoms with Crippen molar-refractivity contribution in [2.24, 2.45) is 0 Å². The third kappa shape index (κ3) is 1.72. The Balaban J connectivity index is 2.40. The molecule has 1 aliphatic rings. The van der Waals surface area contributed by atoms with Crippen LogP contribution in [0.2, 0.25) is 0 Å². The first kappa shape index (κ1) is 8.05. The molecule has 0 amide bonds. The molecule has 1 aliphatic heterocycles. The molecule has 58 valence electrons. The molecule has 1 atom stereocenters. The molecule has 0 saturated carbocycles. The molecule has 1 unspecified atom stereocenters. The Morgan fingerprint density at radius 1 is 1.40 bits per heavy atom. The molecule has 2 N–H and O–H groups in total. The zero-order valence-corrected chi connectivity index (χ0v) is 6.32. The summed E-state index contributed by atoms with van der Waals surface area (Å²) in [5, 5.41) is 17.7. The van der Waals surface area contributed by atoms with Crippen LogP contribution in [0.5, 0.6) is 0 Å². The molecule has 0 aromatic carbocycles. The second-order valence-electron chi connectivity index (χ2n) is 2.96. The van der Waals surface area contributed by atoms with Crippen LogP contribution >= 0.6 is 0 Å². The van der Waals surface area contributed by atoms with E-state index in [9.17, 15) is 0 Å². The summed E-state index contributed by atoms with van der Waals surface area (Å²) in [7, 11) is 0.772. The van der Waals surface area contributed by atoms with Gasteiger partial charge in [0.25, 0.3) is 0 Å². The Labute approximate surface area is 61.8 Å². The Morgan fingerprint density at radius 2 is 2.10 bits per heavy atom. The van der Waals surface area contributed by atoms with Crippen molar-refractivity contribution in [2.75, 3.05) is 13.6 Å². The van der Waals surface area contributed by atoms with Gasteiger partial charge in [-0.15, -0.1) is 0 Å². The lowest BCUT2D eigenvalue weighted by molar-refractivity contribution is 0.202. The molecular weight excluding hydrogens is 129 g/mol. The Bertz CT molecular complexity index is 110. The SMILES string of the molecule is CN1CCCCC1B(O)O. The normalized spacial score (nSPS) is 28.5. The number of likely N-dealkylation sites (tertiary alicyclic amines) is 1. The van der Waals surface area contributed by atoms with Crippen LogP contribution in [0.3, 0.4) is 0 Å². The lowest BCUT2D eigenvalue weighted by Crippen LogP contribution is -2.47. The summed E-state index contributed by atoms with van der Waals surface area (Å²) in [6.07, 6.45) is 3.21. The summed E-state index contributed by atoms with van der Waals surface area (Å²) in [4.78, 5) is 2.01. The van der Waals surface area contributed by atoms with Crippen molar-refractivity contribution in [3.05, 3.63) is 0 Å². The quantitative estimate of drug-likeness (QED) is 0.485. The fourth-order valence-electron chi connectivity index (χ4n) is 1.48. The van der Waals surface area contributed by atoms with Gasteiger partial charge in [0.1, 0.15) is 0 Å². The highest BCUT2D eigenvalue weighted by atomic mass is 16.4. The van der Waals surface area contributed by atoms with E-state index in [4.69, 9.17) is 10.0 Å². The van der Waals surface area contributed by atoms with Crippen LogP contribution in [0.15, 0.2) is 0 Å². The molecule has 1 saturated heterocycles. The van der Waals surface area contributed by atoms with Crippen LogP contribution in [-0.2, 0) is 0 Å². The molecule has 1 rings (SSSR count). The predicted octanol–water partition coefficient (Wildman–Crippen LogP) is -0.517. The minimum atomic E-state index is -1.16. The second kappa shape index (κ2) is 3.37. The fraction of sp³-hybridized carbons (Fsp3) is 1.00. The summed E-state index contributed by atoms with van der Waals surface area (Å²) >= 11 is 0. The van der Waals surface area contributed by atoms with Crippen LogP contribution < -0.4 is 0 Å². The van der Waals surface area contributed by atoms with Gasteiger partial charge in [-0.1, -0.05) is 6.42 Å². The average Bonchev–Trinajstić information content (AvgIpc) is 1.88. The molecule has 0 aliphatic carbocycles. The van der Waals surface area contributed by atoms with E-state index < -0.39 is 7.12 Å². The number of piperidine rings is 1. The summed E-state index contributed by atoms with van der Waals surface area (Å²) in [6, 6.07) is 0. The van der Waals surface area contributed by atoms with Crippen molar-refractivity contribution in [1.29, 1.82) is 0 Å². The maximum atomic E-state index is 8.86. The molecule has 0 radical (unpaired) electrons. The maximum Gasteiger partial charge on any atom is 0.469 e. The van der Waals surface area contributed by atoms with Crippen molar-refractivity contribution in [2.45, 2.75) is 25.2 Å². The van der Waals surface area contributed by atoms with Crippen molar-refractivity contribution >= 4 is 7.12 Å². The first-order valence-electron chi connectivity index (χ1n) is 3.78. The van der Waals surface area contributed by atoms with Gasteiger partial charge in [0.05, 0.1) is 0 Å². The van der Waals surface area contributed by atoms with Crippen molar-refractivity contribution < 1.29 is 10.0 Å². The van der Waals surface area contributed by atoms with E-state index in [0.29, 0.717) is 0 Å². The smallest absolute Gasteiger partial charge is 0.426 e. The van der Waals surface area contributed by atoms with E-state index >= 15 is 0 Å². The van der Waals surface area contributed by atoms with Crippen LogP contribution in [0.4, 0.5) is 0 Å². The largest absolute Gasteiger partial charge is 0.469 e. The molecule has 0 spiro atoms. The highest BCUT2D eigenvalue weighted by molar-refractivity contribution is 6.43. The minimum Gasteiger partial charge on any atom is -0.426 e. The van der Waals surface area contributed by atoms with Crippen LogP contribution in [0, 0.1) is 0 Å². The third-order valence-corrected chi connectivity index (χ3v) is 2.17. The topological polar surface area (TPSA) is 43.7 Å². The predicted molar refractivity (Wildman–Crippen MR) is 40.5 cm³/mol. The molecule has 0 aromatic rings. The first-order valence-corrected chi connectivity index (χ1v) is 3.78. The van der Waals surface area contributed by atoms with Gasteiger partial charge in [-0.05, 0) is 26.4 Å². The number of hydrogen-bond donors (Lipinski definition) is 2. The molecule has 1 fully saturated rings. The van der Waals surface area contributed by atoms with E-state index in [1.807, 2.05) is 11.9 Å². The second-order valence-corrected chi connectivity index (χ2v) is 2.96. The third-order valence-electron chi connectivity index (χ3n) is 2.17. The van der Waals surface area contributed by atoms with Crippen molar-refractivity contribution in [3.63, 3.8) is 0 Å². The fourth-order valence-corrected chi connectivity index (χ4v) is 1.48. The zero-order chi connectivity index (χ0) is 7.56. The van der Waals surface area contributed by atoms with Crippen molar-refractivity contribution in [3.8, 4) is 0 Å². The lowest BCUT2D eigenvalue weighted by atomic mass is 9.74. The van der Waals surface area contributed by atoms with E-state index in [2.05, 4.69) is 0 Å². The van der Waals surface area contributed by atoms with Gasteiger partial charge in [-0.2, -0.15) is 0 Å². The number of rotatable bonds is 1. The Morgan fingerprint density at radius 3 is 2.50 bits per heavy atom. The van der Waals surface area contributed by atoms with E-state index in [1.54, 1.807) is 0 Å². The van der Waals surface area contributed by atoms with Gasteiger partial charge in [0.15, 0.2) is 0 Å². The highest BCUT2D eigenvalue weighted by Crippen LogP contribution is 2.14. The Hall–Kier alpha value is -0.0551. The average molecular weight is 143 g/mol. The first-order chi connectivity index (χ1) is 4.72. The summed E-state index contributed by atoms with van der Waals surface area (Å²) in [6.45, 7) is 0.988. The zero-order valence-electron chi connectivity index (χ0n) is 6.32. The van der Waals surface area contributed by atoms with E-state index in [0.717, 1.165) is 19.4 Å². The lowest BCUT2D eigenvalue weighted by Gasteiger charge is -2.31. The summed E-state index contributed by atoms with van der Waals surface area (Å²) in [5.41, 5.74) is 0. The summed E-state index contributed by atoms with van der Waals surface area (Å²) < 4.78 is 0. The maximum absolute atomic E-state index is 8.86. The molecule has 0 bridgehead atoms. The van der Waals surface area contributed by atoms with Gasteiger partial charge in [0.2, 0.25) is 0 Å². The molecule has 4 heteroatoms. The minimum absolute atomic E-state index is 0.0336. The van der Waals surface area contributed by atoms with Crippen LogP contribution in [0.25, 0.3) is 0 Å². The molecule has 1 heterocycles. The van der Waals surface area contributed by atoms with Gasteiger partial charge >= 0.3 is 7.12 Å². The molecule has 0 aromatic heterocycles. The summed E-state index contributed by atoms with van der Waals surface area (Å²) in [5.74, 6) is -0.0336. The van der Waals surface area contributed by atoms with E-state index in [1.165, 1.54) is 6.42 Å². The van der Waals surface area contributed by atoms with Gasteiger partial charge in [-0.25, -0.2) is 0 Å². The van der Waals surface area contributed by atoms with Gasteiger partial charge < -0.3 is 14.9 Å². The Kier molecular flexibility index (Phi) is 2.71. The van der Waals surface area contributed by atoms with Crippen molar-refractivity contribution in [1.82, 2.24) is 4.90 Å². The van der Waals surface area contributed by atoms with Gasteiger partial charge in [-0.3, -0.25) is 0 Å². The van der Waals surface area contributed by atoms with Gasteiger partial charge in [0, 0.05) is 5.94 Å². The standard InChI is InChI=1S/C6H14BNO2/c1-8-5-3-2-4-6(8)7(9)10/h6,9-10H,2-5H2,1H3. The van der Waals surface area contributed by atoms with E-state index in [-0.39, 0.29) is 5.94 Å². The monoisotopic (exact) mass is 143 g/mol. The molecule has 3 nitrogen and oxygen atoms in total. The molecule has 10 heavy (non-hydrogen) atoms. The molecular formula is C6H14BNO2. The van der Waals surface area contributed by atoms with Crippen LogP contribution in [0.1, 0.15) is 19.3 Å². The van der Waals surface area contributed by atoms with Crippen LogP contribution in [-0.4, -0.2) is 41.6 Å².